The maximum Gasteiger partial charge on any atom is 0.0968 e. The molecule has 22 heavy (non-hydrogen) atoms. The highest BCUT2D eigenvalue weighted by Crippen LogP contribution is 2.30. The summed E-state index contributed by atoms with van der Waals surface area (Å²) in [5.74, 6) is 0. The van der Waals surface area contributed by atoms with Crippen molar-refractivity contribution in [1.82, 2.24) is 9.97 Å². The third-order valence-corrected chi connectivity index (χ3v) is 5.33. The van der Waals surface area contributed by atoms with Gasteiger partial charge in [-0.15, -0.1) is 0 Å². The van der Waals surface area contributed by atoms with Gasteiger partial charge in [0.1, 0.15) is 0 Å². The summed E-state index contributed by atoms with van der Waals surface area (Å²) >= 11 is 0. The first-order valence-corrected chi connectivity index (χ1v) is 8.62. The lowest BCUT2D eigenvalue weighted by Gasteiger charge is -2.18. The molecule has 5 rings (SSSR count). The van der Waals surface area contributed by atoms with Crippen LogP contribution in [0.15, 0.2) is 24.3 Å². The Morgan fingerprint density at radius 1 is 0.591 bits per heavy atom. The van der Waals surface area contributed by atoms with E-state index >= 15 is 0 Å². The normalized spacial score (nSPS) is 17.5. The minimum absolute atomic E-state index is 1.12. The number of benzene rings is 1. The second kappa shape index (κ2) is 4.77. The van der Waals surface area contributed by atoms with Crippen LogP contribution < -0.4 is 0 Å². The number of aryl methyl sites for hydroxylation is 4. The van der Waals surface area contributed by atoms with Gasteiger partial charge >= 0.3 is 0 Å². The average molecular weight is 288 g/mol. The molecular weight excluding hydrogens is 268 g/mol. The van der Waals surface area contributed by atoms with Crippen molar-refractivity contribution in [2.45, 2.75) is 51.4 Å². The van der Waals surface area contributed by atoms with Crippen molar-refractivity contribution in [1.29, 1.82) is 0 Å². The Bertz CT molecular complexity index is 820. The highest BCUT2D eigenvalue weighted by atomic mass is 14.8. The lowest BCUT2D eigenvalue weighted by atomic mass is 9.93. The largest absolute Gasteiger partial charge is 0.250 e. The van der Waals surface area contributed by atoms with E-state index in [9.17, 15) is 0 Å². The lowest BCUT2D eigenvalue weighted by Crippen LogP contribution is -2.07. The molecule has 2 aliphatic rings. The Hall–Kier alpha value is -1.96. The van der Waals surface area contributed by atoms with Crippen LogP contribution in [0.25, 0.3) is 21.8 Å². The number of fused-ring (bicyclic) bond motifs is 5. The van der Waals surface area contributed by atoms with E-state index in [1.807, 2.05) is 0 Å². The van der Waals surface area contributed by atoms with E-state index in [2.05, 4.69) is 24.3 Å². The molecule has 0 N–H and O–H groups in total. The number of nitrogens with zero attached hydrogens (tertiary/aromatic N) is 2. The molecule has 110 valence electrons. The molecular formula is C20H20N2. The first kappa shape index (κ1) is 12.6. The van der Waals surface area contributed by atoms with Gasteiger partial charge in [0.2, 0.25) is 0 Å². The molecule has 3 aromatic rings. The van der Waals surface area contributed by atoms with E-state index in [0.717, 1.165) is 23.9 Å². The van der Waals surface area contributed by atoms with Gasteiger partial charge in [-0.25, -0.2) is 0 Å². The summed E-state index contributed by atoms with van der Waals surface area (Å²) in [6, 6.07) is 9.18. The highest BCUT2D eigenvalue weighted by molar-refractivity contribution is 6.03. The van der Waals surface area contributed by atoms with Crippen LogP contribution in [-0.2, 0) is 25.7 Å². The van der Waals surface area contributed by atoms with E-state index in [1.54, 1.807) is 0 Å². The molecule has 0 bridgehead atoms. The zero-order chi connectivity index (χ0) is 14.5. The summed E-state index contributed by atoms with van der Waals surface area (Å²) in [7, 11) is 0. The molecule has 0 unspecified atom stereocenters. The fraction of sp³-hybridized carbons (Fsp3) is 0.400. The zero-order valence-electron chi connectivity index (χ0n) is 12.9. The minimum Gasteiger partial charge on any atom is -0.250 e. The Morgan fingerprint density at radius 3 is 1.55 bits per heavy atom. The van der Waals surface area contributed by atoms with E-state index in [0.29, 0.717) is 0 Å². The van der Waals surface area contributed by atoms with Crippen molar-refractivity contribution in [3.05, 3.63) is 46.8 Å². The topological polar surface area (TPSA) is 25.8 Å². The summed E-state index contributed by atoms with van der Waals surface area (Å²) in [6.07, 6.45) is 9.80. The lowest BCUT2D eigenvalue weighted by molar-refractivity contribution is 0.669. The number of rotatable bonds is 0. The minimum atomic E-state index is 1.12. The average Bonchev–Trinajstić information content (AvgIpc) is 2.58. The molecule has 0 fully saturated rings. The molecule has 2 heteroatoms. The molecule has 0 amide bonds. The predicted molar refractivity (Wildman–Crippen MR) is 90.3 cm³/mol. The van der Waals surface area contributed by atoms with Crippen LogP contribution in [0.4, 0.5) is 0 Å². The first-order chi connectivity index (χ1) is 10.9. The summed E-state index contributed by atoms with van der Waals surface area (Å²) in [6.45, 7) is 0. The standard InChI is InChI=1S/C20H20N2/c1-3-7-17-13(5-1)11-15-9-10-16-12-14-6-2-4-8-18(14)22-20(16)19(15)21-17/h9-12H,1-8H2. The summed E-state index contributed by atoms with van der Waals surface area (Å²) in [5.41, 5.74) is 7.77. The maximum absolute atomic E-state index is 5.03. The molecule has 1 aromatic carbocycles. The van der Waals surface area contributed by atoms with Crippen molar-refractivity contribution in [3.63, 3.8) is 0 Å². The quantitative estimate of drug-likeness (QED) is 0.567. The predicted octanol–water partition coefficient (Wildman–Crippen LogP) is 4.54. The van der Waals surface area contributed by atoms with Gasteiger partial charge in [-0.1, -0.05) is 12.1 Å². The molecule has 0 saturated carbocycles. The highest BCUT2D eigenvalue weighted by Gasteiger charge is 2.16. The third-order valence-electron chi connectivity index (χ3n) is 5.33. The Morgan fingerprint density at radius 2 is 1.05 bits per heavy atom. The van der Waals surface area contributed by atoms with Gasteiger partial charge in [-0.2, -0.15) is 0 Å². The van der Waals surface area contributed by atoms with Crippen molar-refractivity contribution < 1.29 is 0 Å². The van der Waals surface area contributed by atoms with Crippen LogP contribution >= 0.6 is 0 Å². The molecule has 2 heterocycles. The van der Waals surface area contributed by atoms with E-state index in [-0.39, 0.29) is 0 Å². The molecule has 2 aromatic heterocycles. The van der Waals surface area contributed by atoms with Crippen LogP contribution in [0.2, 0.25) is 0 Å². The smallest absolute Gasteiger partial charge is 0.0968 e. The van der Waals surface area contributed by atoms with Gasteiger partial charge in [-0.05, 0) is 74.6 Å². The second-order valence-electron chi connectivity index (χ2n) is 6.81. The molecule has 0 radical (unpaired) electrons. The van der Waals surface area contributed by atoms with Crippen LogP contribution in [0.1, 0.15) is 48.2 Å². The Kier molecular flexibility index (Phi) is 2.73. The third kappa shape index (κ3) is 1.86. The molecule has 0 aliphatic heterocycles. The first-order valence-electron chi connectivity index (χ1n) is 8.62. The summed E-state index contributed by atoms with van der Waals surface area (Å²) in [4.78, 5) is 10.1. The molecule has 2 aliphatic carbocycles. The SMILES string of the molecule is c1cc2cc3c(nc2c2nc4c(cc12)CCCC4)CCCC3. The van der Waals surface area contributed by atoms with Crippen LogP contribution in [-0.4, -0.2) is 9.97 Å². The Labute approximate surface area is 130 Å². The van der Waals surface area contributed by atoms with Crippen molar-refractivity contribution in [3.8, 4) is 0 Å². The number of hydrogen-bond acceptors (Lipinski definition) is 2. The van der Waals surface area contributed by atoms with Gasteiger partial charge in [0, 0.05) is 22.2 Å². The Balaban J connectivity index is 1.82. The fourth-order valence-corrected chi connectivity index (χ4v) is 4.12. The second-order valence-corrected chi connectivity index (χ2v) is 6.81. The van der Waals surface area contributed by atoms with Gasteiger partial charge in [-0.3, -0.25) is 9.97 Å². The van der Waals surface area contributed by atoms with Gasteiger partial charge in [0.15, 0.2) is 0 Å². The zero-order valence-corrected chi connectivity index (χ0v) is 12.9. The van der Waals surface area contributed by atoms with Crippen LogP contribution in [0.5, 0.6) is 0 Å². The van der Waals surface area contributed by atoms with E-state index in [1.165, 1.54) is 71.8 Å². The number of pyridine rings is 2. The van der Waals surface area contributed by atoms with Crippen molar-refractivity contribution in [2.24, 2.45) is 0 Å². The summed E-state index contributed by atoms with van der Waals surface area (Å²) in [5, 5.41) is 2.52. The van der Waals surface area contributed by atoms with Crippen molar-refractivity contribution >= 4 is 21.8 Å². The number of hydrogen-bond donors (Lipinski definition) is 0. The van der Waals surface area contributed by atoms with Gasteiger partial charge < -0.3 is 0 Å². The van der Waals surface area contributed by atoms with Gasteiger partial charge in [0.05, 0.1) is 11.0 Å². The monoisotopic (exact) mass is 288 g/mol. The van der Waals surface area contributed by atoms with Crippen LogP contribution in [0, 0.1) is 0 Å². The maximum atomic E-state index is 5.03. The molecule has 2 nitrogen and oxygen atoms in total. The fourth-order valence-electron chi connectivity index (χ4n) is 4.12. The van der Waals surface area contributed by atoms with Crippen LogP contribution in [0.3, 0.4) is 0 Å². The van der Waals surface area contributed by atoms with E-state index in [4.69, 9.17) is 9.97 Å². The van der Waals surface area contributed by atoms with Crippen molar-refractivity contribution in [2.75, 3.05) is 0 Å². The molecule has 0 saturated heterocycles. The summed E-state index contributed by atoms with van der Waals surface area (Å²) < 4.78 is 0. The molecule has 0 spiro atoms. The van der Waals surface area contributed by atoms with Gasteiger partial charge in [0.25, 0.3) is 0 Å². The molecule has 0 atom stereocenters. The number of aromatic nitrogens is 2. The van der Waals surface area contributed by atoms with E-state index < -0.39 is 0 Å².